The summed E-state index contributed by atoms with van der Waals surface area (Å²) < 4.78 is 27.1. The summed E-state index contributed by atoms with van der Waals surface area (Å²) in [6, 6.07) is 5.24. The van der Waals surface area contributed by atoms with Crippen molar-refractivity contribution in [1.82, 2.24) is 9.29 Å². The van der Waals surface area contributed by atoms with E-state index in [1.807, 2.05) is 13.0 Å². The lowest BCUT2D eigenvalue weighted by atomic mass is 10.4. The van der Waals surface area contributed by atoms with Crippen LogP contribution in [0.1, 0.15) is 32.6 Å². The molecule has 0 spiro atoms. The lowest BCUT2D eigenvalue weighted by molar-refractivity contribution is 0.411. The molecule has 1 aromatic rings. The molecule has 0 bridgehead atoms. The summed E-state index contributed by atoms with van der Waals surface area (Å²) in [6.45, 7) is 2.92. The summed E-state index contributed by atoms with van der Waals surface area (Å²) in [7, 11) is -3.61. The molecular formula is C14H20N4O2S. The second kappa shape index (κ2) is 6.87. The van der Waals surface area contributed by atoms with E-state index in [2.05, 4.69) is 10.3 Å². The fraction of sp³-hybridized carbons (Fsp3) is 0.571. The number of sulfonamides is 1. The van der Waals surface area contributed by atoms with Crippen molar-refractivity contribution < 1.29 is 8.42 Å². The van der Waals surface area contributed by atoms with Crippen LogP contribution < -0.4 is 5.32 Å². The third-order valence-electron chi connectivity index (χ3n) is 3.30. The first-order chi connectivity index (χ1) is 10.1. The zero-order valence-corrected chi connectivity index (χ0v) is 12.9. The lowest BCUT2D eigenvalue weighted by Gasteiger charge is -2.22. The van der Waals surface area contributed by atoms with Gasteiger partial charge in [-0.25, -0.2) is 13.4 Å². The molecule has 1 aromatic heterocycles. The summed E-state index contributed by atoms with van der Waals surface area (Å²) >= 11 is 0. The van der Waals surface area contributed by atoms with Crippen LogP contribution in [0.25, 0.3) is 0 Å². The van der Waals surface area contributed by atoms with Gasteiger partial charge in [0.05, 0.1) is 6.07 Å². The van der Waals surface area contributed by atoms with E-state index in [-0.39, 0.29) is 23.9 Å². The average molecular weight is 308 g/mol. The van der Waals surface area contributed by atoms with Crippen LogP contribution in [-0.2, 0) is 10.0 Å². The summed E-state index contributed by atoms with van der Waals surface area (Å²) in [6.07, 6.45) is 4.39. The van der Waals surface area contributed by atoms with E-state index < -0.39 is 10.0 Å². The first-order valence-electron chi connectivity index (χ1n) is 7.19. The number of hydrogen-bond donors (Lipinski definition) is 1. The molecule has 0 radical (unpaired) electrons. The second-order valence-corrected chi connectivity index (χ2v) is 6.89. The topological polar surface area (TPSA) is 86.1 Å². The minimum absolute atomic E-state index is 0.0302. The summed E-state index contributed by atoms with van der Waals surface area (Å²) in [5, 5.41) is 11.8. The van der Waals surface area contributed by atoms with Gasteiger partial charge in [-0.05, 0) is 31.4 Å². The third-order valence-corrected chi connectivity index (χ3v) is 5.28. The maximum absolute atomic E-state index is 12.8. The van der Waals surface area contributed by atoms with Gasteiger partial charge in [-0.3, -0.25) is 0 Å². The minimum atomic E-state index is -3.61. The monoisotopic (exact) mass is 308 g/mol. The predicted octanol–water partition coefficient (Wildman–Crippen LogP) is 1.97. The van der Waals surface area contributed by atoms with Crippen molar-refractivity contribution in [3.05, 3.63) is 18.3 Å². The Morgan fingerprint density at radius 1 is 1.52 bits per heavy atom. The van der Waals surface area contributed by atoms with Crippen LogP contribution in [0.5, 0.6) is 0 Å². The van der Waals surface area contributed by atoms with Crippen molar-refractivity contribution >= 4 is 15.8 Å². The van der Waals surface area contributed by atoms with Gasteiger partial charge in [0.25, 0.3) is 0 Å². The molecule has 0 saturated heterocycles. The standard InChI is InChI=1S/C14H20N4O2S/c1-2-9-16-14-13(5-3-10-17-14)21(19,20)18(11-4-8-15)12-6-7-12/h3,5,10,12H,2,4,6-7,9,11H2,1H3,(H,16,17). The van der Waals surface area contributed by atoms with Gasteiger partial charge in [0.15, 0.2) is 0 Å². The van der Waals surface area contributed by atoms with Crippen LogP contribution in [0, 0.1) is 11.3 Å². The number of nitriles is 1. The van der Waals surface area contributed by atoms with Crippen LogP contribution in [0.3, 0.4) is 0 Å². The Labute approximate surface area is 125 Å². The number of rotatable bonds is 8. The van der Waals surface area contributed by atoms with Gasteiger partial charge in [0.1, 0.15) is 10.7 Å². The van der Waals surface area contributed by atoms with Gasteiger partial charge in [0, 0.05) is 31.7 Å². The molecule has 1 heterocycles. The Kier molecular flexibility index (Phi) is 5.15. The maximum atomic E-state index is 12.8. The highest BCUT2D eigenvalue weighted by Gasteiger charge is 2.38. The minimum Gasteiger partial charge on any atom is -0.369 e. The van der Waals surface area contributed by atoms with Crippen LogP contribution in [0.4, 0.5) is 5.82 Å². The van der Waals surface area contributed by atoms with Gasteiger partial charge in [-0.15, -0.1) is 0 Å². The molecule has 1 aliphatic rings. The molecule has 1 saturated carbocycles. The number of nitrogens with zero attached hydrogens (tertiary/aromatic N) is 3. The fourth-order valence-electron chi connectivity index (χ4n) is 2.12. The predicted molar refractivity (Wildman–Crippen MR) is 80.2 cm³/mol. The Hall–Kier alpha value is -1.65. The van der Waals surface area contributed by atoms with Gasteiger partial charge in [0.2, 0.25) is 10.0 Å². The summed E-state index contributed by atoms with van der Waals surface area (Å²) in [5.74, 6) is 0.391. The molecule has 0 aromatic carbocycles. The quantitative estimate of drug-likeness (QED) is 0.793. The zero-order chi connectivity index (χ0) is 15.3. The maximum Gasteiger partial charge on any atom is 0.247 e. The zero-order valence-electron chi connectivity index (χ0n) is 12.1. The molecule has 1 fully saturated rings. The molecule has 1 N–H and O–H groups in total. The summed E-state index contributed by atoms with van der Waals surface area (Å²) in [5.41, 5.74) is 0. The van der Waals surface area contributed by atoms with Gasteiger partial charge >= 0.3 is 0 Å². The molecule has 6 nitrogen and oxygen atoms in total. The van der Waals surface area contributed by atoms with E-state index >= 15 is 0 Å². The van der Waals surface area contributed by atoms with Crippen molar-refractivity contribution in [1.29, 1.82) is 5.26 Å². The van der Waals surface area contributed by atoms with Crippen molar-refractivity contribution in [2.45, 2.75) is 43.5 Å². The van der Waals surface area contributed by atoms with Crippen LogP contribution in [-0.4, -0.2) is 36.8 Å². The van der Waals surface area contributed by atoms with Gasteiger partial charge in [-0.1, -0.05) is 6.92 Å². The summed E-state index contributed by atoms with van der Waals surface area (Å²) in [4.78, 5) is 4.34. The smallest absolute Gasteiger partial charge is 0.247 e. The second-order valence-electron chi connectivity index (χ2n) is 5.03. The number of aromatic nitrogens is 1. The molecular weight excluding hydrogens is 288 g/mol. The molecule has 0 unspecified atom stereocenters. The number of anilines is 1. The molecule has 0 atom stereocenters. The van der Waals surface area contributed by atoms with Crippen molar-refractivity contribution in [2.75, 3.05) is 18.4 Å². The Morgan fingerprint density at radius 2 is 2.29 bits per heavy atom. The highest BCUT2D eigenvalue weighted by Crippen LogP contribution is 2.33. The van der Waals surface area contributed by atoms with E-state index in [4.69, 9.17) is 5.26 Å². The number of pyridine rings is 1. The molecule has 1 aliphatic carbocycles. The molecule has 2 rings (SSSR count). The highest BCUT2D eigenvalue weighted by atomic mass is 32.2. The van der Waals surface area contributed by atoms with Crippen molar-refractivity contribution in [3.63, 3.8) is 0 Å². The Balaban J connectivity index is 2.31. The molecule has 0 aliphatic heterocycles. The first kappa shape index (κ1) is 15.7. The third kappa shape index (κ3) is 3.71. The van der Waals surface area contributed by atoms with Gasteiger partial charge in [-0.2, -0.15) is 9.57 Å². The van der Waals surface area contributed by atoms with Crippen LogP contribution >= 0.6 is 0 Å². The first-order valence-corrected chi connectivity index (χ1v) is 8.63. The molecule has 7 heteroatoms. The van der Waals surface area contributed by atoms with Gasteiger partial charge < -0.3 is 5.32 Å². The van der Waals surface area contributed by atoms with Crippen molar-refractivity contribution in [2.24, 2.45) is 0 Å². The largest absolute Gasteiger partial charge is 0.369 e. The average Bonchev–Trinajstić information content (AvgIpc) is 3.30. The number of nitrogens with one attached hydrogen (secondary N) is 1. The van der Waals surface area contributed by atoms with E-state index in [1.165, 1.54) is 4.31 Å². The number of hydrogen-bond acceptors (Lipinski definition) is 5. The Morgan fingerprint density at radius 3 is 2.90 bits per heavy atom. The fourth-order valence-corrected chi connectivity index (χ4v) is 3.93. The highest BCUT2D eigenvalue weighted by molar-refractivity contribution is 7.89. The molecule has 21 heavy (non-hydrogen) atoms. The van der Waals surface area contributed by atoms with E-state index in [1.54, 1.807) is 18.3 Å². The molecule has 114 valence electrons. The van der Waals surface area contributed by atoms with E-state index in [0.29, 0.717) is 12.4 Å². The van der Waals surface area contributed by atoms with Crippen molar-refractivity contribution in [3.8, 4) is 6.07 Å². The van der Waals surface area contributed by atoms with E-state index in [9.17, 15) is 8.42 Å². The Bertz CT molecular complexity index is 620. The van der Waals surface area contributed by atoms with Crippen LogP contribution in [0.15, 0.2) is 23.2 Å². The van der Waals surface area contributed by atoms with E-state index in [0.717, 1.165) is 19.3 Å². The lowest BCUT2D eigenvalue weighted by Crippen LogP contribution is -2.34. The SMILES string of the molecule is CCCNc1ncccc1S(=O)(=O)N(CCC#N)C1CC1. The normalized spacial score (nSPS) is 14.9. The van der Waals surface area contributed by atoms with Crippen LogP contribution in [0.2, 0.25) is 0 Å². The molecule has 0 amide bonds.